The number of hydrogen-bond donors (Lipinski definition) is 3. The molecule has 4 nitrogen and oxygen atoms in total. The Morgan fingerprint density at radius 1 is 1.27 bits per heavy atom. The van der Waals surface area contributed by atoms with Gasteiger partial charge in [-0.3, -0.25) is 4.79 Å². The summed E-state index contributed by atoms with van der Waals surface area (Å²) in [7, 11) is -1.59. The number of aryl methyl sites for hydroxylation is 1. The summed E-state index contributed by atoms with van der Waals surface area (Å²) in [5.74, 6) is -0.508. The van der Waals surface area contributed by atoms with E-state index in [0.717, 1.165) is 10.4 Å². The van der Waals surface area contributed by atoms with Gasteiger partial charge in [0.05, 0.1) is 0 Å². The molecule has 0 spiro atoms. The molecule has 116 valence electrons. The number of para-hydroxylation sites is 1. The predicted octanol–water partition coefficient (Wildman–Crippen LogP) is 2.35. The van der Waals surface area contributed by atoms with E-state index in [2.05, 4.69) is 0 Å². The minimum absolute atomic E-state index is 0.0345. The minimum Gasteiger partial charge on any atom is -0.507 e. The zero-order valence-electron chi connectivity index (χ0n) is 12.4. The zero-order chi connectivity index (χ0) is 16.1. The minimum atomic E-state index is -1.59. The van der Waals surface area contributed by atoms with Gasteiger partial charge in [-0.05, 0) is 35.9 Å². The largest absolute Gasteiger partial charge is 0.507 e. The highest BCUT2D eigenvalue weighted by Crippen LogP contribution is 2.28. The molecule has 0 radical (unpaired) electrons. The number of thiophene rings is 1. The number of Topliss-reactive ketones (excluding diaryl/α,β-unsaturated/α-hetero) is 1. The summed E-state index contributed by atoms with van der Waals surface area (Å²) in [6.07, 6.45) is 0.630. The van der Waals surface area contributed by atoms with Crippen LogP contribution in [-0.4, -0.2) is 28.1 Å². The topological polar surface area (TPSA) is 77.8 Å². The van der Waals surface area contributed by atoms with Crippen molar-refractivity contribution >= 4 is 24.2 Å². The van der Waals surface area contributed by atoms with Crippen LogP contribution in [0.15, 0.2) is 35.7 Å². The normalized spacial score (nSPS) is 12.1. The van der Waals surface area contributed by atoms with Gasteiger partial charge in [0.25, 0.3) is 0 Å². The van der Waals surface area contributed by atoms with E-state index in [-0.39, 0.29) is 24.4 Å². The number of benzene rings is 1. The summed E-state index contributed by atoms with van der Waals surface area (Å²) in [4.78, 5) is 13.1. The van der Waals surface area contributed by atoms with Gasteiger partial charge in [-0.2, -0.15) is 0 Å². The number of carbonyl (C=O) groups excluding carboxylic acids is 1. The number of aromatic hydroxyl groups is 1. The molecule has 1 heterocycles. The molecule has 0 aliphatic carbocycles. The highest BCUT2D eigenvalue weighted by Gasteiger charge is 2.27. The molecule has 1 aromatic heterocycles. The molecule has 0 saturated heterocycles. The average molecular weight is 318 g/mol. The molecule has 0 aliphatic heterocycles. The van der Waals surface area contributed by atoms with Crippen molar-refractivity contribution in [3.63, 3.8) is 0 Å². The highest BCUT2D eigenvalue weighted by atomic mass is 32.1. The quantitative estimate of drug-likeness (QED) is 0.685. The van der Waals surface area contributed by atoms with Crippen LogP contribution in [0.1, 0.15) is 22.4 Å². The number of phenolic OH excluding ortho intramolecular Hbond substituents is 1. The second-order valence-corrected chi connectivity index (χ2v) is 6.49. The molecular formula is C16H19BO4S. The maximum absolute atomic E-state index is 12.1. The Labute approximate surface area is 134 Å². The van der Waals surface area contributed by atoms with Crippen LogP contribution in [0.3, 0.4) is 0 Å². The SMILES string of the molecule is Cc1cccc(CC(CC(=O)Cc2cccs2)B(O)O)c1O. The van der Waals surface area contributed by atoms with Crippen molar-refractivity contribution in [1.82, 2.24) is 0 Å². The van der Waals surface area contributed by atoms with Crippen LogP contribution in [0.25, 0.3) is 0 Å². The molecule has 0 aliphatic rings. The van der Waals surface area contributed by atoms with E-state index < -0.39 is 12.9 Å². The first-order valence-corrected chi connectivity index (χ1v) is 8.03. The molecule has 1 aromatic carbocycles. The Bertz CT molecular complexity index is 625. The first-order valence-electron chi connectivity index (χ1n) is 7.15. The molecule has 0 bridgehead atoms. The lowest BCUT2D eigenvalue weighted by atomic mass is 9.67. The molecule has 2 rings (SSSR count). The molecule has 3 N–H and O–H groups in total. The number of hydrogen-bond acceptors (Lipinski definition) is 5. The number of phenols is 1. The summed E-state index contributed by atoms with van der Waals surface area (Å²) >= 11 is 1.51. The van der Waals surface area contributed by atoms with Crippen molar-refractivity contribution in [3.8, 4) is 5.75 Å². The van der Waals surface area contributed by atoms with Gasteiger partial charge in [0.15, 0.2) is 0 Å². The maximum atomic E-state index is 12.1. The van der Waals surface area contributed by atoms with Gasteiger partial charge in [-0.25, -0.2) is 0 Å². The van der Waals surface area contributed by atoms with Crippen molar-refractivity contribution < 1.29 is 19.9 Å². The first-order chi connectivity index (χ1) is 10.5. The summed E-state index contributed by atoms with van der Waals surface area (Å²) in [6.45, 7) is 1.78. The van der Waals surface area contributed by atoms with Gasteiger partial charge >= 0.3 is 7.12 Å². The van der Waals surface area contributed by atoms with Crippen LogP contribution in [0.5, 0.6) is 5.75 Å². The third-order valence-corrected chi connectivity index (χ3v) is 4.54. The van der Waals surface area contributed by atoms with Gasteiger partial charge in [-0.1, -0.05) is 24.3 Å². The lowest BCUT2D eigenvalue weighted by Crippen LogP contribution is -2.25. The summed E-state index contributed by atoms with van der Waals surface area (Å²) < 4.78 is 0. The van der Waals surface area contributed by atoms with Crippen LogP contribution in [0.4, 0.5) is 0 Å². The fourth-order valence-corrected chi connectivity index (χ4v) is 3.16. The molecule has 0 saturated carbocycles. The third-order valence-electron chi connectivity index (χ3n) is 3.67. The second-order valence-electron chi connectivity index (χ2n) is 5.46. The van der Waals surface area contributed by atoms with E-state index in [1.807, 2.05) is 17.5 Å². The predicted molar refractivity (Wildman–Crippen MR) is 88.1 cm³/mol. The average Bonchev–Trinajstić information content (AvgIpc) is 2.95. The Morgan fingerprint density at radius 3 is 2.68 bits per heavy atom. The molecule has 0 amide bonds. The molecule has 22 heavy (non-hydrogen) atoms. The van der Waals surface area contributed by atoms with E-state index in [1.54, 1.807) is 25.1 Å². The fraction of sp³-hybridized carbons (Fsp3) is 0.312. The third kappa shape index (κ3) is 4.43. The molecule has 1 atom stereocenters. The lowest BCUT2D eigenvalue weighted by Gasteiger charge is -2.16. The molecule has 6 heteroatoms. The van der Waals surface area contributed by atoms with Gasteiger partial charge in [0.2, 0.25) is 0 Å². The van der Waals surface area contributed by atoms with Crippen molar-refractivity contribution in [3.05, 3.63) is 51.7 Å². The van der Waals surface area contributed by atoms with Crippen LogP contribution >= 0.6 is 11.3 Å². The van der Waals surface area contributed by atoms with Gasteiger partial charge in [0.1, 0.15) is 11.5 Å². The fourth-order valence-electron chi connectivity index (χ4n) is 2.42. The zero-order valence-corrected chi connectivity index (χ0v) is 13.2. The summed E-state index contributed by atoms with van der Waals surface area (Å²) in [6, 6.07) is 9.10. The van der Waals surface area contributed by atoms with Gasteiger partial charge in [-0.15, -0.1) is 11.3 Å². The van der Waals surface area contributed by atoms with Crippen LogP contribution in [0, 0.1) is 6.92 Å². The van der Waals surface area contributed by atoms with Gasteiger partial charge in [0, 0.05) is 23.5 Å². The van der Waals surface area contributed by atoms with Crippen molar-refractivity contribution in [1.29, 1.82) is 0 Å². The van der Waals surface area contributed by atoms with E-state index >= 15 is 0 Å². The van der Waals surface area contributed by atoms with E-state index in [0.29, 0.717) is 12.0 Å². The number of ketones is 1. The Kier molecular flexibility index (Phi) is 5.77. The van der Waals surface area contributed by atoms with Gasteiger partial charge < -0.3 is 15.2 Å². The van der Waals surface area contributed by atoms with Crippen molar-refractivity contribution in [2.24, 2.45) is 0 Å². The van der Waals surface area contributed by atoms with Crippen LogP contribution in [-0.2, 0) is 17.6 Å². The Balaban J connectivity index is 2.03. The van der Waals surface area contributed by atoms with Crippen LogP contribution in [0.2, 0.25) is 5.82 Å². The van der Waals surface area contributed by atoms with Crippen molar-refractivity contribution in [2.75, 3.05) is 0 Å². The van der Waals surface area contributed by atoms with E-state index in [9.17, 15) is 19.9 Å². The number of rotatable bonds is 7. The van der Waals surface area contributed by atoms with Crippen LogP contribution < -0.4 is 0 Å². The Hall–Kier alpha value is -1.63. The standard InChI is InChI=1S/C16H19BO4S/c1-11-4-2-5-12(16(11)19)8-13(17(20)21)9-14(18)10-15-6-3-7-22-15/h2-7,13,19-21H,8-10H2,1H3. The smallest absolute Gasteiger partial charge is 0.455 e. The molecule has 0 fully saturated rings. The van der Waals surface area contributed by atoms with E-state index in [4.69, 9.17) is 0 Å². The summed E-state index contributed by atoms with van der Waals surface area (Å²) in [5.41, 5.74) is 1.36. The lowest BCUT2D eigenvalue weighted by molar-refractivity contribution is -0.118. The maximum Gasteiger partial charge on any atom is 0.455 e. The first kappa shape index (κ1) is 16.7. The number of carbonyl (C=O) groups is 1. The monoisotopic (exact) mass is 318 g/mol. The molecule has 2 aromatic rings. The van der Waals surface area contributed by atoms with Crippen molar-refractivity contribution in [2.45, 2.75) is 32.0 Å². The molecular weight excluding hydrogens is 299 g/mol. The second kappa shape index (κ2) is 7.58. The van der Waals surface area contributed by atoms with E-state index in [1.165, 1.54) is 11.3 Å². The molecule has 1 unspecified atom stereocenters. The Morgan fingerprint density at radius 2 is 2.05 bits per heavy atom. The highest BCUT2D eigenvalue weighted by molar-refractivity contribution is 7.10. The summed E-state index contributed by atoms with van der Waals surface area (Å²) in [5, 5.41) is 31.0.